The van der Waals surface area contributed by atoms with Gasteiger partial charge in [-0.1, -0.05) is 24.6 Å². The smallest absolute Gasteiger partial charge is 0.223 e. The standard InChI is InChI=1S/C18H26N2O2/c1-22-17-8-4-3-7-15(17)16(20-11-5-2-6-12-20)13-19-18(21)14-9-10-14/h3-4,7-8,14,16H,2,5-6,9-13H2,1H3,(H,19,21). The first-order valence-corrected chi connectivity index (χ1v) is 8.44. The van der Waals surface area contributed by atoms with Gasteiger partial charge in [-0.25, -0.2) is 0 Å². The Bertz CT molecular complexity index is 508. The van der Waals surface area contributed by atoms with Crippen molar-refractivity contribution < 1.29 is 9.53 Å². The van der Waals surface area contributed by atoms with E-state index in [0.717, 1.165) is 31.7 Å². The Labute approximate surface area is 132 Å². The lowest BCUT2D eigenvalue weighted by Gasteiger charge is -2.35. The van der Waals surface area contributed by atoms with Crippen LogP contribution in [-0.4, -0.2) is 37.6 Å². The van der Waals surface area contributed by atoms with Crippen LogP contribution in [0.1, 0.15) is 43.7 Å². The molecule has 120 valence electrons. The normalized spacial score (nSPS) is 20.4. The Morgan fingerprint density at radius 3 is 2.68 bits per heavy atom. The van der Waals surface area contributed by atoms with Crippen LogP contribution in [0, 0.1) is 5.92 Å². The average Bonchev–Trinajstić information content (AvgIpc) is 3.41. The van der Waals surface area contributed by atoms with Gasteiger partial charge in [0.05, 0.1) is 13.2 Å². The molecule has 1 N–H and O–H groups in total. The summed E-state index contributed by atoms with van der Waals surface area (Å²) in [6.45, 7) is 2.87. The third-order valence-corrected chi connectivity index (χ3v) is 4.75. The molecule has 1 atom stereocenters. The van der Waals surface area contributed by atoms with Gasteiger partial charge in [0.25, 0.3) is 0 Å². The molecule has 1 aliphatic heterocycles. The van der Waals surface area contributed by atoms with E-state index >= 15 is 0 Å². The summed E-state index contributed by atoms with van der Waals surface area (Å²) in [6.07, 6.45) is 5.89. The van der Waals surface area contributed by atoms with E-state index in [0.29, 0.717) is 6.54 Å². The molecule has 2 aliphatic rings. The van der Waals surface area contributed by atoms with Crippen molar-refractivity contribution in [1.82, 2.24) is 10.2 Å². The molecule has 1 aliphatic carbocycles. The van der Waals surface area contributed by atoms with Gasteiger partial charge >= 0.3 is 0 Å². The molecular formula is C18H26N2O2. The van der Waals surface area contributed by atoms with E-state index in [1.807, 2.05) is 12.1 Å². The van der Waals surface area contributed by atoms with Crippen molar-refractivity contribution in [2.24, 2.45) is 5.92 Å². The fourth-order valence-electron chi connectivity index (χ4n) is 3.29. The minimum Gasteiger partial charge on any atom is -0.496 e. The fourth-order valence-corrected chi connectivity index (χ4v) is 3.29. The highest BCUT2D eigenvalue weighted by Gasteiger charge is 2.31. The summed E-state index contributed by atoms with van der Waals surface area (Å²) >= 11 is 0. The number of hydrogen-bond donors (Lipinski definition) is 1. The molecule has 0 radical (unpaired) electrons. The maximum atomic E-state index is 12.0. The van der Waals surface area contributed by atoms with Gasteiger partial charge in [-0.2, -0.15) is 0 Å². The van der Waals surface area contributed by atoms with Gasteiger partial charge in [0.1, 0.15) is 5.75 Å². The molecule has 1 aromatic carbocycles. The molecule has 1 amide bonds. The third-order valence-electron chi connectivity index (χ3n) is 4.75. The number of benzene rings is 1. The number of amides is 1. The van der Waals surface area contributed by atoms with E-state index in [1.165, 1.54) is 24.8 Å². The van der Waals surface area contributed by atoms with Gasteiger partial charge in [0.2, 0.25) is 5.91 Å². The second-order valence-corrected chi connectivity index (χ2v) is 6.37. The molecule has 2 fully saturated rings. The van der Waals surface area contributed by atoms with Crippen molar-refractivity contribution >= 4 is 5.91 Å². The minimum absolute atomic E-state index is 0.208. The van der Waals surface area contributed by atoms with Crippen LogP contribution in [0.4, 0.5) is 0 Å². The first-order valence-electron chi connectivity index (χ1n) is 8.44. The maximum absolute atomic E-state index is 12.0. The summed E-state index contributed by atoms with van der Waals surface area (Å²) in [4.78, 5) is 14.5. The lowest BCUT2D eigenvalue weighted by Crippen LogP contribution is -2.41. The van der Waals surface area contributed by atoms with E-state index in [2.05, 4.69) is 22.3 Å². The number of para-hydroxylation sites is 1. The molecular weight excluding hydrogens is 276 g/mol. The monoisotopic (exact) mass is 302 g/mol. The van der Waals surface area contributed by atoms with Crippen LogP contribution < -0.4 is 10.1 Å². The highest BCUT2D eigenvalue weighted by Crippen LogP contribution is 2.32. The van der Waals surface area contributed by atoms with Gasteiger partial charge < -0.3 is 10.1 Å². The molecule has 1 heterocycles. The molecule has 1 unspecified atom stereocenters. The Balaban J connectivity index is 1.76. The lowest BCUT2D eigenvalue weighted by molar-refractivity contribution is -0.122. The molecule has 1 saturated heterocycles. The highest BCUT2D eigenvalue weighted by molar-refractivity contribution is 5.80. The predicted octanol–water partition coefficient (Wildman–Crippen LogP) is 2.75. The molecule has 0 spiro atoms. The minimum atomic E-state index is 0.208. The van der Waals surface area contributed by atoms with Crippen LogP contribution in [0.5, 0.6) is 5.75 Å². The number of ether oxygens (including phenoxy) is 1. The number of likely N-dealkylation sites (tertiary alicyclic amines) is 1. The number of hydrogen-bond acceptors (Lipinski definition) is 3. The van der Waals surface area contributed by atoms with Crippen molar-refractivity contribution in [1.29, 1.82) is 0 Å². The molecule has 4 heteroatoms. The fraction of sp³-hybridized carbons (Fsp3) is 0.611. The van der Waals surface area contributed by atoms with Gasteiger partial charge in [0.15, 0.2) is 0 Å². The highest BCUT2D eigenvalue weighted by atomic mass is 16.5. The van der Waals surface area contributed by atoms with E-state index in [1.54, 1.807) is 7.11 Å². The number of carbonyl (C=O) groups excluding carboxylic acids is 1. The largest absolute Gasteiger partial charge is 0.496 e. The van der Waals surface area contributed by atoms with E-state index in [4.69, 9.17) is 4.74 Å². The number of methoxy groups -OCH3 is 1. The van der Waals surface area contributed by atoms with E-state index in [9.17, 15) is 4.79 Å². The first-order chi connectivity index (χ1) is 10.8. The van der Waals surface area contributed by atoms with E-state index < -0.39 is 0 Å². The van der Waals surface area contributed by atoms with E-state index in [-0.39, 0.29) is 17.9 Å². The van der Waals surface area contributed by atoms with Crippen LogP contribution in [0.15, 0.2) is 24.3 Å². The Hall–Kier alpha value is -1.55. The van der Waals surface area contributed by atoms with Crippen LogP contribution in [0.3, 0.4) is 0 Å². The predicted molar refractivity (Wildman–Crippen MR) is 86.9 cm³/mol. The number of piperidine rings is 1. The van der Waals surface area contributed by atoms with Crippen molar-refractivity contribution in [2.75, 3.05) is 26.7 Å². The first kappa shape index (κ1) is 15.3. The summed E-state index contributed by atoms with van der Waals surface area (Å²) in [7, 11) is 1.72. The third kappa shape index (κ3) is 3.61. The molecule has 0 aromatic heterocycles. The second kappa shape index (κ2) is 7.14. The molecule has 1 saturated carbocycles. The van der Waals surface area contributed by atoms with Crippen LogP contribution >= 0.6 is 0 Å². The molecule has 0 bridgehead atoms. The summed E-state index contributed by atoms with van der Waals surface area (Å²) in [5.41, 5.74) is 1.18. The Kier molecular flexibility index (Phi) is 4.98. The van der Waals surface area contributed by atoms with Crippen molar-refractivity contribution in [2.45, 2.75) is 38.1 Å². The second-order valence-electron chi connectivity index (χ2n) is 6.37. The number of nitrogens with one attached hydrogen (secondary N) is 1. The lowest BCUT2D eigenvalue weighted by atomic mass is 10.0. The topological polar surface area (TPSA) is 41.6 Å². The zero-order chi connectivity index (χ0) is 15.4. The quantitative estimate of drug-likeness (QED) is 0.878. The maximum Gasteiger partial charge on any atom is 0.223 e. The number of nitrogens with zero attached hydrogens (tertiary/aromatic N) is 1. The average molecular weight is 302 g/mol. The van der Waals surface area contributed by atoms with Gasteiger partial charge in [-0.05, 0) is 44.8 Å². The Morgan fingerprint density at radius 1 is 1.27 bits per heavy atom. The van der Waals surface area contributed by atoms with Crippen molar-refractivity contribution in [3.8, 4) is 5.75 Å². The summed E-state index contributed by atoms with van der Waals surface area (Å²) in [6, 6.07) is 8.39. The molecule has 1 aromatic rings. The summed E-state index contributed by atoms with van der Waals surface area (Å²) in [5.74, 6) is 1.40. The SMILES string of the molecule is COc1ccccc1C(CNC(=O)C1CC1)N1CCCCC1. The van der Waals surface area contributed by atoms with Gasteiger partial charge in [0, 0.05) is 18.0 Å². The molecule has 4 nitrogen and oxygen atoms in total. The number of carbonyl (C=O) groups is 1. The number of rotatable bonds is 6. The summed E-state index contributed by atoms with van der Waals surface area (Å²) < 4.78 is 5.54. The van der Waals surface area contributed by atoms with Crippen molar-refractivity contribution in [3.63, 3.8) is 0 Å². The summed E-state index contributed by atoms with van der Waals surface area (Å²) in [5, 5.41) is 3.16. The van der Waals surface area contributed by atoms with Crippen LogP contribution in [-0.2, 0) is 4.79 Å². The Morgan fingerprint density at radius 2 is 2.00 bits per heavy atom. The van der Waals surface area contributed by atoms with Crippen LogP contribution in [0.25, 0.3) is 0 Å². The molecule has 3 rings (SSSR count). The van der Waals surface area contributed by atoms with Gasteiger partial charge in [-0.3, -0.25) is 9.69 Å². The zero-order valence-electron chi connectivity index (χ0n) is 13.4. The van der Waals surface area contributed by atoms with Gasteiger partial charge in [-0.15, -0.1) is 0 Å². The van der Waals surface area contributed by atoms with Crippen molar-refractivity contribution in [3.05, 3.63) is 29.8 Å². The molecule has 22 heavy (non-hydrogen) atoms. The zero-order valence-corrected chi connectivity index (χ0v) is 13.4. The van der Waals surface area contributed by atoms with Crippen LogP contribution in [0.2, 0.25) is 0 Å².